The van der Waals surface area contributed by atoms with Crippen LogP contribution in [-0.2, 0) is 29.2 Å². The third-order valence-electron chi connectivity index (χ3n) is 5.22. The molecular formula is C17H24N2O3S. The maximum Gasteiger partial charge on any atom is 0.317 e. The van der Waals surface area contributed by atoms with E-state index in [1.165, 1.54) is 17.5 Å². The molecule has 1 aliphatic carbocycles. The van der Waals surface area contributed by atoms with Gasteiger partial charge in [0.2, 0.25) is 0 Å². The van der Waals surface area contributed by atoms with Crippen LogP contribution in [-0.4, -0.2) is 42.9 Å². The van der Waals surface area contributed by atoms with Crippen molar-refractivity contribution in [3.8, 4) is 0 Å². The lowest BCUT2D eigenvalue weighted by atomic mass is 10.1. The van der Waals surface area contributed by atoms with Crippen molar-refractivity contribution in [3.63, 3.8) is 0 Å². The van der Waals surface area contributed by atoms with Gasteiger partial charge in [-0.2, -0.15) is 0 Å². The lowest BCUT2D eigenvalue weighted by Gasteiger charge is -2.37. The van der Waals surface area contributed by atoms with Gasteiger partial charge in [0, 0.05) is 19.1 Å². The van der Waals surface area contributed by atoms with Crippen molar-refractivity contribution >= 4 is 15.9 Å². The van der Waals surface area contributed by atoms with E-state index in [4.69, 9.17) is 0 Å². The maximum absolute atomic E-state index is 12.4. The predicted octanol–water partition coefficient (Wildman–Crippen LogP) is 1.89. The molecule has 0 radical (unpaired) electrons. The summed E-state index contributed by atoms with van der Waals surface area (Å²) in [4.78, 5) is 14.0. The number of carbonyl (C=O) groups is 1. The topological polar surface area (TPSA) is 66.5 Å². The second kappa shape index (κ2) is 6.15. The fraction of sp³-hybridized carbons (Fsp3) is 0.588. The maximum atomic E-state index is 12.4. The van der Waals surface area contributed by atoms with Gasteiger partial charge >= 0.3 is 6.03 Å². The van der Waals surface area contributed by atoms with Gasteiger partial charge < -0.3 is 10.2 Å². The number of sulfone groups is 1. The van der Waals surface area contributed by atoms with E-state index in [9.17, 15) is 13.2 Å². The van der Waals surface area contributed by atoms with Crippen molar-refractivity contribution in [1.29, 1.82) is 0 Å². The van der Waals surface area contributed by atoms with Crippen LogP contribution in [0.3, 0.4) is 0 Å². The van der Waals surface area contributed by atoms with Gasteiger partial charge in [-0.1, -0.05) is 18.2 Å². The highest BCUT2D eigenvalue weighted by Gasteiger charge is 2.37. The Morgan fingerprint density at radius 2 is 2.00 bits per heavy atom. The highest BCUT2D eigenvalue weighted by molar-refractivity contribution is 7.92. The molecule has 5 nitrogen and oxygen atoms in total. The molecule has 0 saturated carbocycles. The monoisotopic (exact) mass is 336 g/mol. The van der Waals surface area contributed by atoms with E-state index < -0.39 is 15.1 Å². The minimum Gasteiger partial charge on any atom is -0.334 e. The molecule has 1 heterocycles. The zero-order valence-corrected chi connectivity index (χ0v) is 14.5. The molecule has 1 aromatic rings. The minimum atomic E-state index is -3.07. The van der Waals surface area contributed by atoms with Gasteiger partial charge in [0.1, 0.15) is 0 Å². The van der Waals surface area contributed by atoms with Crippen LogP contribution in [0.5, 0.6) is 0 Å². The van der Waals surface area contributed by atoms with Gasteiger partial charge in [0.05, 0.1) is 11.0 Å². The number of nitrogens with zero attached hydrogens (tertiary/aromatic N) is 1. The number of carbonyl (C=O) groups excluding carboxylic acids is 1. The Hall–Kier alpha value is -1.56. The molecule has 2 atom stereocenters. The van der Waals surface area contributed by atoms with Crippen LogP contribution >= 0.6 is 0 Å². The summed E-state index contributed by atoms with van der Waals surface area (Å²) in [6, 6.07) is 5.92. The Balaban J connectivity index is 1.61. The number of fused-ring (bicyclic) bond motifs is 1. The standard InChI is InChI=1S/C17H24N2O3S/c1-12-13(2)23(21,22)9-8-19(12)17(20)18-11-14-6-7-15-4-3-5-16(15)10-14/h6-7,10,12-13H,3-5,8-9,11H2,1-2H3,(H,18,20)/t12-,13+/m1/s1. The molecule has 0 aromatic heterocycles. The summed E-state index contributed by atoms with van der Waals surface area (Å²) in [5, 5.41) is 2.42. The van der Waals surface area contributed by atoms with Crippen molar-refractivity contribution in [2.75, 3.05) is 12.3 Å². The number of hydrogen-bond donors (Lipinski definition) is 1. The van der Waals surface area contributed by atoms with Crippen molar-refractivity contribution in [3.05, 3.63) is 34.9 Å². The molecule has 1 aliphatic heterocycles. The first-order valence-electron chi connectivity index (χ1n) is 8.25. The van der Waals surface area contributed by atoms with Crippen LogP contribution in [0.2, 0.25) is 0 Å². The number of aryl methyl sites for hydroxylation is 2. The fourth-order valence-corrected chi connectivity index (χ4v) is 5.04. The highest BCUT2D eigenvalue weighted by atomic mass is 32.2. The van der Waals surface area contributed by atoms with E-state index in [0.29, 0.717) is 6.54 Å². The van der Waals surface area contributed by atoms with Crippen LogP contribution < -0.4 is 5.32 Å². The number of benzene rings is 1. The zero-order chi connectivity index (χ0) is 16.6. The molecule has 6 heteroatoms. The number of nitrogens with one attached hydrogen (secondary N) is 1. The van der Waals surface area contributed by atoms with Crippen LogP contribution in [0.25, 0.3) is 0 Å². The molecule has 2 aliphatic rings. The van der Waals surface area contributed by atoms with E-state index in [1.54, 1.807) is 18.7 Å². The second-order valence-electron chi connectivity index (χ2n) is 6.62. The molecule has 1 aromatic carbocycles. The van der Waals surface area contributed by atoms with Gasteiger partial charge in [-0.25, -0.2) is 13.2 Å². The normalized spacial score (nSPS) is 25.9. The Morgan fingerprint density at radius 3 is 2.78 bits per heavy atom. The molecule has 126 valence electrons. The second-order valence-corrected chi connectivity index (χ2v) is 9.10. The van der Waals surface area contributed by atoms with Gasteiger partial charge in [0.15, 0.2) is 9.84 Å². The lowest BCUT2D eigenvalue weighted by Crippen LogP contribution is -2.56. The molecule has 0 spiro atoms. The Kier molecular flexibility index (Phi) is 4.36. The Bertz CT molecular complexity index is 715. The molecule has 2 amide bonds. The first-order valence-corrected chi connectivity index (χ1v) is 9.97. The van der Waals surface area contributed by atoms with E-state index in [1.807, 2.05) is 0 Å². The minimum absolute atomic E-state index is 0.0464. The van der Waals surface area contributed by atoms with Gasteiger partial charge in [-0.05, 0) is 49.8 Å². The van der Waals surface area contributed by atoms with Crippen molar-refractivity contribution in [2.24, 2.45) is 0 Å². The van der Waals surface area contributed by atoms with Gasteiger partial charge in [-0.15, -0.1) is 0 Å². The summed E-state index contributed by atoms with van der Waals surface area (Å²) in [5.41, 5.74) is 3.91. The summed E-state index contributed by atoms with van der Waals surface area (Å²) < 4.78 is 23.8. The van der Waals surface area contributed by atoms with Crippen molar-refractivity contribution in [2.45, 2.75) is 50.9 Å². The quantitative estimate of drug-likeness (QED) is 0.897. The average molecular weight is 336 g/mol. The molecule has 0 bridgehead atoms. The summed E-state index contributed by atoms with van der Waals surface area (Å²) in [6.07, 6.45) is 3.48. The molecule has 1 saturated heterocycles. The first kappa shape index (κ1) is 16.3. The van der Waals surface area contributed by atoms with Crippen LogP contribution in [0, 0.1) is 0 Å². The molecule has 1 N–H and O–H groups in total. The largest absolute Gasteiger partial charge is 0.334 e. The summed E-state index contributed by atoms with van der Waals surface area (Å²) in [6.45, 7) is 4.23. The molecule has 1 fully saturated rings. The SMILES string of the molecule is C[C@@H]1[C@H](C)S(=O)(=O)CCN1C(=O)NCc1ccc2c(c1)CCC2. The van der Waals surface area contributed by atoms with E-state index in [0.717, 1.165) is 18.4 Å². The molecule has 3 rings (SSSR count). The Labute approximate surface area is 138 Å². The number of rotatable bonds is 2. The lowest BCUT2D eigenvalue weighted by molar-refractivity contribution is 0.177. The highest BCUT2D eigenvalue weighted by Crippen LogP contribution is 2.23. The Morgan fingerprint density at radius 1 is 1.26 bits per heavy atom. The summed E-state index contributed by atoms with van der Waals surface area (Å²) >= 11 is 0. The predicted molar refractivity (Wildman–Crippen MR) is 90.1 cm³/mol. The van der Waals surface area contributed by atoms with Crippen molar-refractivity contribution in [1.82, 2.24) is 10.2 Å². The summed E-state index contributed by atoms with van der Waals surface area (Å²) in [7, 11) is -3.07. The van der Waals surface area contributed by atoms with E-state index in [2.05, 4.69) is 23.5 Å². The fourth-order valence-electron chi connectivity index (χ4n) is 3.47. The third kappa shape index (κ3) is 3.22. The van der Waals surface area contributed by atoms with E-state index in [-0.39, 0.29) is 24.4 Å². The third-order valence-corrected chi connectivity index (χ3v) is 7.50. The van der Waals surface area contributed by atoms with Gasteiger partial charge in [0.25, 0.3) is 0 Å². The molecule has 0 unspecified atom stereocenters. The zero-order valence-electron chi connectivity index (χ0n) is 13.7. The van der Waals surface area contributed by atoms with Gasteiger partial charge in [-0.3, -0.25) is 0 Å². The smallest absolute Gasteiger partial charge is 0.317 e. The average Bonchev–Trinajstić information content (AvgIpc) is 2.98. The number of urea groups is 1. The van der Waals surface area contributed by atoms with Crippen LogP contribution in [0.15, 0.2) is 18.2 Å². The number of amides is 2. The molecule has 23 heavy (non-hydrogen) atoms. The first-order chi connectivity index (χ1) is 10.9. The summed E-state index contributed by atoms with van der Waals surface area (Å²) in [5.74, 6) is 0.0464. The molecular weight excluding hydrogens is 312 g/mol. The van der Waals surface area contributed by atoms with Crippen LogP contribution in [0.1, 0.15) is 37.0 Å². The van der Waals surface area contributed by atoms with E-state index >= 15 is 0 Å². The van der Waals surface area contributed by atoms with Crippen LogP contribution in [0.4, 0.5) is 4.79 Å². The van der Waals surface area contributed by atoms with Crippen molar-refractivity contribution < 1.29 is 13.2 Å². The number of hydrogen-bond acceptors (Lipinski definition) is 3.